The molecule has 0 saturated heterocycles. The molecule has 0 spiro atoms. The molecule has 0 radical (unpaired) electrons. The zero-order valence-corrected chi connectivity index (χ0v) is 15.6. The van der Waals surface area contributed by atoms with Crippen molar-refractivity contribution in [3.8, 4) is 5.88 Å². The van der Waals surface area contributed by atoms with Gasteiger partial charge in [-0.1, -0.05) is 35.2 Å². The Morgan fingerprint density at radius 1 is 1.07 bits per heavy atom. The Balaban J connectivity index is 1.46. The van der Waals surface area contributed by atoms with Crippen LogP contribution in [0.4, 0.5) is 0 Å². The van der Waals surface area contributed by atoms with Crippen molar-refractivity contribution < 1.29 is 24.0 Å². The van der Waals surface area contributed by atoms with Gasteiger partial charge in [-0.15, -0.1) is 0 Å². The first-order chi connectivity index (χ1) is 13.5. The molecule has 2 amide bonds. The Kier molecular flexibility index (Phi) is 5.00. The highest BCUT2D eigenvalue weighted by atomic mass is 35.5. The molecule has 8 heteroatoms. The summed E-state index contributed by atoms with van der Waals surface area (Å²) in [4.78, 5) is 46.1. The van der Waals surface area contributed by atoms with E-state index >= 15 is 0 Å². The predicted molar refractivity (Wildman–Crippen MR) is 99.1 cm³/mol. The van der Waals surface area contributed by atoms with Crippen LogP contribution in [0.15, 0.2) is 36.5 Å². The molecule has 2 heterocycles. The van der Waals surface area contributed by atoms with E-state index < -0.39 is 17.8 Å². The lowest BCUT2D eigenvalue weighted by molar-refractivity contribution is -0.0584. The molecule has 0 unspecified atom stereocenters. The zero-order valence-electron chi connectivity index (χ0n) is 14.9. The highest BCUT2D eigenvalue weighted by Crippen LogP contribution is 2.29. The third-order valence-corrected chi connectivity index (χ3v) is 5.08. The van der Waals surface area contributed by atoms with Crippen LogP contribution in [0.5, 0.6) is 5.88 Å². The van der Waals surface area contributed by atoms with E-state index in [1.165, 1.54) is 30.8 Å². The minimum absolute atomic E-state index is 0.0116. The molecule has 1 aromatic carbocycles. The molecule has 1 fully saturated rings. The van der Waals surface area contributed by atoms with Crippen molar-refractivity contribution in [3.63, 3.8) is 0 Å². The first-order valence-electron chi connectivity index (χ1n) is 9.07. The fourth-order valence-electron chi connectivity index (χ4n) is 3.35. The normalized spacial score (nSPS) is 16.8. The van der Waals surface area contributed by atoms with Gasteiger partial charge in [0.1, 0.15) is 11.1 Å². The standard InChI is InChI=1S/C20H17ClN2O5/c21-16-10-12(11-22-17(16)27-13-6-2-1-3-7-13)20(26)28-23-18(24)14-8-4-5-9-15(14)19(23)25/h4-5,8-11,13H,1-3,6-7H2. The van der Waals surface area contributed by atoms with E-state index in [1.807, 2.05) is 0 Å². The molecular weight excluding hydrogens is 384 g/mol. The summed E-state index contributed by atoms with van der Waals surface area (Å²) in [6.07, 6.45) is 6.62. The van der Waals surface area contributed by atoms with Gasteiger partial charge in [0.2, 0.25) is 5.88 Å². The van der Waals surface area contributed by atoms with E-state index in [0.717, 1.165) is 25.7 Å². The number of amides is 2. The maximum atomic E-state index is 12.4. The predicted octanol–water partition coefficient (Wildman–Crippen LogP) is 3.81. The monoisotopic (exact) mass is 400 g/mol. The summed E-state index contributed by atoms with van der Waals surface area (Å²) < 4.78 is 5.82. The lowest BCUT2D eigenvalue weighted by atomic mass is 9.98. The van der Waals surface area contributed by atoms with Crippen molar-refractivity contribution in [1.82, 2.24) is 10.0 Å². The van der Waals surface area contributed by atoms with Gasteiger partial charge in [0, 0.05) is 6.20 Å². The van der Waals surface area contributed by atoms with Crippen LogP contribution >= 0.6 is 11.6 Å². The van der Waals surface area contributed by atoms with Gasteiger partial charge in [0.05, 0.1) is 16.7 Å². The fraction of sp³-hybridized carbons (Fsp3) is 0.300. The molecule has 1 aromatic heterocycles. The van der Waals surface area contributed by atoms with Crippen molar-refractivity contribution in [3.05, 3.63) is 58.2 Å². The quantitative estimate of drug-likeness (QED) is 0.725. The van der Waals surface area contributed by atoms with E-state index in [4.69, 9.17) is 21.2 Å². The topological polar surface area (TPSA) is 85.8 Å². The number of hydrogen-bond donors (Lipinski definition) is 0. The number of imide groups is 1. The lowest BCUT2D eigenvalue weighted by Gasteiger charge is -2.22. The van der Waals surface area contributed by atoms with Gasteiger partial charge < -0.3 is 9.57 Å². The second-order valence-corrected chi connectivity index (χ2v) is 7.13. The third-order valence-electron chi connectivity index (χ3n) is 4.80. The molecule has 2 aromatic rings. The number of halogens is 1. The smallest absolute Gasteiger partial charge is 0.365 e. The number of hydrogen-bond acceptors (Lipinski definition) is 6. The molecule has 0 N–H and O–H groups in total. The number of aromatic nitrogens is 1. The van der Waals surface area contributed by atoms with Crippen LogP contribution in [0.1, 0.15) is 63.2 Å². The first kappa shape index (κ1) is 18.4. The number of carbonyl (C=O) groups is 3. The summed E-state index contributed by atoms with van der Waals surface area (Å²) in [5, 5.41) is 0.621. The summed E-state index contributed by atoms with van der Waals surface area (Å²) in [6, 6.07) is 7.61. The largest absolute Gasteiger partial charge is 0.473 e. The molecule has 1 aliphatic carbocycles. The number of ether oxygens (including phenoxy) is 1. The maximum Gasteiger partial charge on any atom is 0.365 e. The second-order valence-electron chi connectivity index (χ2n) is 6.72. The number of carbonyl (C=O) groups excluding carboxylic acids is 3. The average molecular weight is 401 g/mol. The Bertz CT molecular complexity index is 920. The molecule has 4 rings (SSSR count). The number of fused-ring (bicyclic) bond motifs is 1. The molecule has 2 aliphatic rings. The molecule has 1 saturated carbocycles. The van der Waals surface area contributed by atoms with Crippen LogP contribution in [0, 0.1) is 0 Å². The minimum Gasteiger partial charge on any atom is -0.473 e. The van der Waals surface area contributed by atoms with Gasteiger partial charge in [-0.05, 0) is 43.9 Å². The molecule has 0 bridgehead atoms. The van der Waals surface area contributed by atoms with E-state index in [1.54, 1.807) is 12.1 Å². The van der Waals surface area contributed by atoms with E-state index in [-0.39, 0.29) is 33.7 Å². The summed E-state index contributed by atoms with van der Waals surface area (Å²) in [5.74, 6) is -2.03. The molecule has 7 nitrogen and oxygen atoms in total. The van der Waals surface area contributed by atoms with Crippen molar-refractivity contribution in [1.29, 1.82) is 0 Å². The number of hydroxylamine groups is 2. The number of pyridine rings is 1. The summed E-state index contributed by atoms with van der Waals surface area (Å²) in [5.41, 5.74) is 0.387. The Morgan fingerprint density at radius 3 is 2.32 bits per heavy atom. The summed E-state index contributed by atoms with van der Waals surface area (Å²) >= 11 is 6.20. The number of rotatable bonds is 4. The van der Waals surface area contributed by atoms with Gasteiger partial charge in [-0.2, -0.15) is 0 Å². The molecule has 28 heavy (non-hydrogen) atoms. The Morgan fingerprint density at radius 2 is 1.71 bits per heavy atom. The van der Waals surface area contributed by atoms with Gasteiger partial charge in [-0.3, -0.25) is 9.59 Å². The summed E-state index contributed by atoms with van der Waals surface area (Å²) in [7, 11) is 0. The molecule has 1 aliphatic heterocycles. The second kappa shape index (κ2) is 7.59. The van der Waals surface area contributed by atoms with Crippen LogP contribution in [-0.4, -0.2) is 33.9 Å². The van der Waals surface area contributed by atoms with Crippen molar-refractivity contribution in [2.45, 2.75) is 38.2 Å². The maximum absolute atomic E-state index is 12.4. The molecular formula is C20H17ClN2O5. The van der Waals surface area contributed by atoms with Gasteiger partial charge in [0.15, 0.2) is 0 Å². The van der Waals surface area contributed by atoms with Crippen molar-refractivity contribution in [2.75, 3.05) is 0 Å². The highest BCUT2D eigenvalue weighted by Gasteiger charge is 2.38. The molecule has 0 atom stereocenters. The van der Waals surface area contributed by atoms with E-state index in [9.17, 15) is 14.4 Å². The Labute approximate surface area is 166 Å². The van der Waals surface area contributed by atoms with Crippen molar-refractivity contribution in [2.24, 2.45) is 0 Å². The number of nitrogens with zero attached hydrogens (tertiary/aromatic N) is 2. The summed E-state index contributed by atoms with van der Waals surface area (Å²) in [6.45, 7) is 0. The highest BCUT2D eigenvalue weighted by molar-refractivity contribution is 6.32. The van der Waals surface area contributed by atoms with Crippen LogP contribution in [0.25, 0.3) is 0 Å². The SMILES string of the molecule is O=C(ON1C(=O)c2ccccc2C1=O)c1cnc(OC2CCCCC2)c(Cl)c1. The van der Waals surface area contributed by atoms with Crippen LogP contribution in [-0.2, 0) is 4.84 Å². The first-order valence-corrected chi connectivity index (χ1v) is 9.44. The van der Waals surface area contributed by atoms with Gasteiger partial charge in [0.25, 0.3) is 11.8 Å². The minimum atomic E-state index is -0.909. The molecule has 144 valence electrons. The van der Waals surface area contributed by atoms with Gasteiger partial charge >= 0.3 is 5.97 Å². The van der Waals surface area contributed by atoms with E-state index in [2.05, 4.69) is 4.98 Å². The lowest BCUT2D eigenvalue weighted by Crippen LogP contribution is -2.32. The zero-order chi connectivity index (χ0) is 19.7. The number of benzene rings is 1. The van der Waals surface area contributed by atoms with Crippen LogP contribution in [0.2, 0.25) is 5.02 Å². The van der Waals surface area contributed by atoms with Crippen molar-refractivity contribution >= 4 is 29.4 Å². The average Bonchev–Trinajstić information content (AvgIpc) is 2.95. The van der Waals surface area contributed by atoms with E-state index in [0.29, 0.717) is 5.06 Å². The Hall–Kier alpha value is -2.93. The third kappa shape index (κ3) is 3.45. The van der Waals surface area contributed by atoms with Gasteiger partial charge in [-0.25, -0.2) is 9.78 Å². The van der Waals surface area contributed by atoms with Crippen LogP contribution in [0.3, 0.4) is 0 Å². The fourth-order valence-corrected chi connectivity index (χ4v) is 3.56. The van der Waals surface area contributed by atoms with Crippen LogP contribution < -0.4 is 4.74 Å².